The second kappa shape index (κ2) is 4.52. The molecular formula is C12H21NO2. The fourth-order valence-electron chi connectivity index (χ4n) is 3.25. The highest BCUT2D eigenvalue weighted by molar-refractivity contribution is 5.67. The van der Waals surface area contributed by atoms with Crippen LogP contribution in [0.5, 0.6) is 0 Å². The summed E-state index contributed by atoms with van der Waals surface area (Å²) in [6.07, 6.45) is 5.46. The average Bonchev–Trinajstić information content (AvgIpc) is 2.72. The summed E-state index contributed by atoms with van der Waals surface area (Å²) in [4.78, 5) is 13.2. The van der Waals surface area contributed by atoms with Gasteiger partial charge in [0, 0.05) is 19.0 Å². The van der Waals surface area contributed by atoms with Crippen LogP contribution in [0, 0.1) is 11.8 Å². The molecule has 3 atom stereocenters. The highest BCUT2D eigenvalue weighted by Crippen LogP contribution is 2.33. The van der Waals surface area contributed by atoms with Crippen molar-refractivity contribution in [2.75, 3.05) is 13.1 Å². The van der Waals surface area contributed by atoms with Crippen LogP contribution >= 0.6 is 0 Å². The van der Waals surface area contributed by atoms with E-state index in [1.54, 1.807) is 0 Å². The summed E-state index contributed by atoms with van der Waals surface area (Å²) in [6, 6.07) is 0.740. The summed E-state index contributed by atoms with van der Waals surface area (Å²) < 4.78 is 0. The molecule has 0 radical (unpaired) electrons. The third-order valence-corrected chi connectivity index (χ3v) is 4.07. The minimum absolute atomic E-state index is 0.359. The van der Waals surface area contributed by atoms with Crippen LogP contribution in [-0.4, -0.2) is 35.1 Å². The van der Waals surface area contributed by atoms with Crippen molar-refractivity contribution in [3.05, 3.63) is 0 Å². The molecular weight excluding hydrogens is 190 g/mol. The molecule has 0 spiro atoms. The molecule has 3 heteroatoms. The summed E-state index contributed by atoms with van der Waals surface area (Å²) >= 11 is 0. The van der Waals surface area contributed by atoms with Crippen LogP contribution in [-0.2, 0) is 4.79 Å². The van der Waals surface area contributed by atoms with Crippen molar-refractivity contribution in [1.82, 2.24) is 4.90 Å². The van der Waals surface area contributed by atoms with Crippen molar-refractivity contribution in [2.24, 2.45) is 11.8 Å². The topological polar surface area (TPSA) is 40.5 Å². The first-order chi connectivity index (χ1) is 7.16. The van der Waals surface area contributed by atoms with Gasteiger partial charge in [0.2, 0.25) is 0 Å². The fourth-order valence-corrected chi connectivity index (χ4v) is 3.25. The number of carbonyl (C=O) groups is 1. The lowest BCUT2D eigenvalue weighted by Crippen LogP contribution is -2.35. The Hall–Kier alpha value is -0.570. The van der Waals surface area contributed by atoms with Gasteiger partial charge in [-0.05, 0) is 37.6 Å². The van der Waals surface area contributed by atoms with Gasteiger partial charge >= 0.3 is 5.97 Å². The van der Waals surface area contributed by atoms with Crippen LogP contribution in [0.15, 0.2) is 0 Å². The van der Waals surface area contributed by atoms with Gasteiger partial charge in [0.25, 0.3) is 0 Å². The Morgan fingerprint density at radius 1 is 1.40 bits per heavy atom. The van der Waals surface area contributed by atoms with Crippen LogP contribution < -0.4 is 0 Å². The maximum atomic E-state index is 10.6. The highest BCUT2D eigenvalue weighted by Gasteiger charge is 2.34. The highest BCUT2D eigenvalue weighted by atomic mass is 16.4. The lowest BCUT2D eigenvalue weighted by Gasteiger charge is -2.27. The second-order valence-electron chi connectivity index (χ2n) is 5.22. The number of hydrogen-bond acceptors (Lipinski definition) is 2. The van der Waals surface area contributed by atoms with Crippen molar-refractivity contribution >= 4 is 5.97 Å². The average molecular weight is 211 g/mol. The zero-order chi connectivity index (χ0) is 10.8. The van der Waals surface area contributed by atoms with Gasteiger partial charge in [-0.15, -0.1) is 0 Å². The van der Waals surface area contributed by atoms with Crippen LogP contribution in [0.2, 0.25) is 0 Å². The fraction of sp³-hybridized carbons (Fsp3) is 0.917. The van der Waals surface area contributed by atoms with Gasteiger partial charge < -0.3 is 5.11 Å². The Kier molecular flexibility index (Phi) is 3.29. The van der Waals surface area contributed by atoms with Crippen molar-refractivity contribution < 1.29 is 9.90 Å². The van der Waals surface area contributed by atoms with Crippen LogP contribution in [0.4, 0.5) is 0 Å². The van der Waals surface area contributed by atoms with E-state index < -0.39 is 5.97 Å². The third-order valence-electron chi connectivity index (χ3n) is 4.07. The number of likely N-dealkylation sites (tertiary alicyclic amines) is 1. The lowest BCUT2D eigenvalue weighted by atomic mass is 10.0. The molecule has 0 bridgehead atoms. The summed E-state index contributed by atoms with van der Waals surface area (Å²) in [5, 5.41) is 8.76. The van der Waals surface area contributed by atoms with E-state index in [9.17, 15) is 4.79 Å². The lowest BCUT2D eigenvalue weighted by molar-refractivity contribution is -0.138. The molecule has 0 aromatic rings. The standard InChI is InChI=1S/C12H21NO2/c1-9-3-2-4-11(9)13-6-5-10(8-13)7-12(14)15/h9-11H,2-8H2,1H3,(H,14,15). The molecule has 2 rings (SSSR count). The Morgan fingerprint density at radius 3 is 2.80 bits per heavy atom. The zero-order valence-corrected chi connectivity index (χ0v) is 9.48. The monoisotopic (exact) mass is 211 g/mol. The van der Waals surface area contributed by atoms with Crippen molar-refractivity contribution in [3.8, 4) is 0 Å². The molecule has 0 aromatic heterocycles. The Morgan fingerprint density at radius 2 is 2.20 bits per heavy atom. The smallest absolute Gasteiger partial charge is 0.303 e. The molecule has 1 aliphatic carbocycles. The van der Waals surface area contributed by atoms with E-state index in [4.69, 9.17) is 5.11 Å². The molecule has 1 saturated carbocycles. The molecule has 2 aliphatic rings. The van der Waals surface area contributed by atoms with Gasteiger partial charge in [0.15, 0.2) is 0 Å². The normalized spacial score (nSPS) is 37.3. The SMILES string of the molecule is CC1CCCC1N1CCC(CC(=O)O)C1. The van der Waals surface area contributed by atoms with E-state index in [2.05, 4.69) is 11.8 Å². The van der Waals surface area contributed by atoms with Crippen LogP contribution in [0.25, 0.3) is 0 Å². The van der Waals surface area contributed by atoms with Gasteiger partial charge in [0.05, 0.1) is 0 Å². The van der Waals surface area contributed by atoms with E-state index in [0.717, 1.165) is 31.5 Å². The molecule has 86 valence electrons. The van der Waals surface area contributed by atoms with Gasteiger partial charge in [-0.3, -0.25) is 9.69 Å². The molecule has 1 aliphatic heterocycles. The molecule has 1 N–H and O–H groups in total. The molecule has 0 amide bonds. The minimum Gasteiger partial charge on any atom is -0.481 e. The largest absolute Gasteiger partial charge is 0.481 e. The molecule has 3 nitrogen and oxygen atoms in total. The number of aliphatic carboxylic acids is 1. The Bertz CT molecular complexity index is 242. The summed E-state index contributed by atoms with van der Waals surface area (Å²) in [7, 11) is 0. The maximum absolute atomic E-state index is 10.6. The number of carboxylic acids is 1. The molecule has 15 heavy (non-hydrogen) atoms. The molecule has 0 aromatic carbocycles. The number of hydrogen-bond donors (Lipinski definition) is 1. The van der Waals surface area contributed by atoms with Crippen molar-refractivity contribution in [2.45, 2.75) is 45.1 Å². The molecule has 1 heterocycles. The van der Waals surface area contributed by atoms with Gasteiger partial charge in [-0.2, -0.15) is 0 Å². The summed E-state index contributed by atoms with van der Waals surface area (Å²) in [5.41, 5.74) is 0. The minimum atomic E-state index is -0.638. The number of nitrogens with zero attached hydrogens (tertiary/aromatic N) is 1. The van der Waals surface area contributed by atoms with E-state index in [1.807, 2.05) is 0 Å². The molecule has 3 unspecified atom stereocenters. The van der Waals surface area contributed by atoms with Gasteiger partial charge in [0.1, 0.15) is 0 Å². The van der Waals surface area contributed by atoms with Crippen LogP contribution in [0.1, 0.15) is 39.0 Å². The van der Waals surface area contributed by atoms with E-state index in [0.29, 0.717) is 12.3 Å². The second-order valence-corrected chi connectivity index (χ2v) is 5.22. The third kappa shape index (κ3) is 2.51. The van der Waals surface area contributed by atoms with E-state index in [-0.39, 0.29) is 0 Å². The molecule has 2 fully saturated rings. The Balaban J connectivity index is 1.84. The first kappa shape index (κ1) is 10.9. The van der Waals surface area contributed by atoms with Gasteiger partial charge in [-0.25, -0.2) is 0 Å². The van der Waals surface area contributed by atoms with E-state index >= 15 is 0 Å². The first-order valence-electron chi connectivity index (χ1n) is 6.12. The number of carboxylic acid groups (broad SMARTS) is 1. The summed E-state index contributed by atoms with van der Waals surface area (Å²) in [6.45, 7) is 4.47. The van der Waals surface area contributed by atoms with Crippen LogP contribution in [0.3, 0.4) is 0 Å². The van der Waals surface area contributed by atoms with E-state index in [1.165, 1.54) is 19.3 Å². The number of rotatable bonds is 3. The van der Waals surface area contributed by atoms with Gasteiger partial charge in [-0.1, -0.05) is 13.3 Å². The predicted molar refractivity (Wildman–Crippen MR) is 58.7 cm³/mol. The first-order valence-corrected chi connectivity index (χ1v) is 6.12. The molecule has 1 saturated heterocycles. The van der Waals surface area contributed by atoms with Crippen molar-refractivity contribution in [1.29, 1.82) is 0 Å². The quantitative estimate of drug-likeness (QED) is 0.776. The zero-order valence-electron chi connectivity index (χ0n) is 9.48. The van der Waals surface area contributed by atoms with Crippen molar-refractivity contribution in [3.63, 3.8) is 0 Å². The predicted octanol–water partition coefficient (Wildman–Crippen LogP) is 1.97. The maximum Gasteiger partial charge on any atom is 0.303 e. The summed E-state index contributed by atoms with van der Waals surface area (Å²) in [5.74, 6) is 0.574. The Labute approximate surface area is 91.5 Å².